The van der Waals surface area contributed by atoms with Gasteiger partial charge in [0.15, 0.2) is 0 Å². The molecule has 0 bridgehead atoms. The van der Waals surface area contributed by atoms with E-state index in [9.17, 15) is 0 Å². The topological polar surface area (TPSA) is 0 Å². The SMILES string of the molecule is CC(C)[SiH](C(C)C)[SiH](C)C. The van der Waals surface area contributed by atoms with E-state index in [4.69, 9.17) is 0 Å². The van der Waals surface area contributed by atoms with Gasteiger partial charge in [-0.25, -0.2) is 0 Å². The highest BCUT2D eigenvalue weighted by Gasteiger charge is 2.22. The van der Waals surface area contributed by atoms with Gasteiger partial charge in [0.1, 0.15) is 0 Å². The molecule has 0 unspecified atom stereocenters. The average Bonchev–Trinajstić information content (AvgIpc) is 1.59. The Kier molecular flexibility index (Phi) is 4.53. The summed E-state index contributed by atoms with van der Waals surface area (Å²) in [5.74, 6) is 0. The molecule has 0 aromatic rings. The van der Waals surface area contributed by atoms with Crippen LogP contribution in [-0.4, -0.2) is 16.6 Å². The van der Waals surface area contributed by atoms with Gasteiger partial charge in [0.05, 0.1) is 0 Å². The minimum atomic E-state index is -0.315. The van der Waals surface area contributed by atoms with Crippen LogP contribution in [0.15, 0.2) is 0 Å². The lowest BCUT2D eigenvalue weighted by Crippen LogP contribution is -2.35. The van der Waals surface area contributed by atoms with Crippen LogP contribution in [-0.2, 0) is 0 Å². The highest BCUT2D eigenvalue weighted by Crippen LogP contribution is 2.21. The van der Waals surface area contributed by atoms with E-state index < -0.39 is 0 Å². The highest BCUT2D eigenvalue weighted by molar-refractivity contribution is 7.22. The van der Waals surface area contributed by atoms with Crippen molar-refractivity contribution in [2.45, 2.75) is 51.9 Å². The van der Waals surface area contributed by atoms with Crippen molar-refractivity contribution in [1.82, 2.24) is 0 Å². The van der Waals surface area contributed by atoms with Crippen molar-refractivity contribution in [1.29, 1.82) is 0 Å². The van der Waals surface area contributed by atoms with E-state index >= 15 is 0 Å². The van der Waals surface area contributed by atoms with Crippen LogP contribution in [0.1, 0.15) is 27.7 Å². The molecular formula is C8H22Si2. The Morgan fingerprint density at radius 1 is 0.800 bits per heavy atom. The molecule has 0 heterocycles. The third-order valence-electron chi connectivity index (χ3n) is 2.31. The summed E-state index contributed by atoms with van der Waals surface area (Å²) in [5.41, 5.74) is 2.07. The summed E-state index contributed by atoms with van der Waals surface area (Å²) in [5, 5.41) is 0. The zero-order chi connectivity index (χ0) is 8.31. The maximum absolute atomic E-state index is 2.52. The molecule has 2 heteroatoms. The van der Waals surface area contributed by atoms with Gasteiger partial charge in [-0.15, -0.1) is 0 Å². The molecule has 0 fully saturated rings. The van der Waals surface area contributed by atoms with Crippen molar-refractivity contribution in [3.8, 4) is 0 Å². The third-order valence-corrected chi connectivity index (χ3v) is 16.2. The van der Waals surface area contributed by atoms with E-state index in [1.807, 2.05) is 0 Å². The van der Waals surface area contributed by atoms with Crippen LogP contribution in [0, 0.1) is 0 Å². The quantitative estimate of drug-likeness (QED) is 0.577. The first kappa shape index (κ1) is 10.4. The van der Waals surface area contributed by atoms with Gasteiger partial charge in [0, 0.05) is 16.6 Å². The van der Waals surface area contributed by atoms with E-state index in [2.05, 4.69) is 40.8 Å². The Bertz CT molecular complexity index is 68.2. The van der Waals surface area contributed by atoms with E-state index in [1.54, 1.807) is 0 Å². The zero-order valence-corrected chi connectivity index (χ0v) is 10.6. The number of hydrogen-bond donors (Lipinski definition) is 0. The summed E-state index contributed by atoms with van der Waals surface area (Å²) in [6, 6.07) is 0. The van der Waals surface area contributed by atoms with E-state index in [-0.39, 0.29) is 16.6 Å². The van der Waals surface area contributed by atoms with Crippen molar-refractivity contribution in [2.24, 2.45) is 0 Å². The standard InChI is InChI=1S/C8H22Si2/c1-7(2)10(8(3)4)9(5)6/h7-10H,1-6H3. The molecule has 0 saturated heterocycles. The summed E-state index contributed by atoms with van der Waals surface area (Å²) >= 11 is 0. The van der Waals surface area contributed by atoms with E-state index in [0.717, 1.165) is 11.1 Å². The second-order valence-electron chi connectivity index (χ2n) is 4.31. The van der Waals surface area contributed by atoms with Gasteiger partial charge >= 0.3 is 0 Å². The summed E-state index contributed by atoms with van der Waals surface area (Å²) in [6.07, 6.45) is 0. The molecule has 0 aliphatic rings. The largest absolute Gasteiger partial charge is 0.0743 e. The normalized spacial score (nSPS) is 12.6. The van der Waals surface area contributed by atoms with Crippen molar-refractivity contribution >= 4 is 16.6 Å². The van der Waals surface area contributed by atoms with Crippen molar-refractivity contribution in [3.63, 3.8) is 0 Å². The lowest BCUT2D eigenvalue weighted by molar-refractivity contribution is 0.958. The fraction of sp³-hybridized carbons (Fsp3) is 1.00. The molecule has 0 nitrogen and oxygen atoms in total. The van der Waals surface area contributed by atoms with Gasteiger partial charge in [0.2, 0.25) is 0 Å². The molecule has 0 radical (unpaired) electrons. The van der Waals surface area contributed by atoms with Crippen molar-refractivity contribution in [2.75, 3.05) is 0 Å². The van der Waals surface area contributed by atoms with Gasteiger partial charge in [-0.3, -0.25) is 0 Å². The van der Waals surface area contributed by atoms with Crippen LogP contribution in [0.4, 0.5) is 0 Å². The van der Waals surface area contributed by atoms with Crippen LogP contribution in [0.2, 0.25) is 24.2 Å². The fourth-order valence-corrected chi connectivity index (χ4v) is 16.2. The summed E-state index contributed by atoms with van der Waals surface area (Å²) < 4.78 is 0. The van der Waals surface area contributed by atoms with Crippen LogP contribution in [0.25, 0.3) is 0 Å². The first-order chi connectivity index (χ1) is 4.46. The second-order valence-corrected chi connectivity index (χ2v) is 16.9. The van der Waals surface area contributed by atoms with Crippen molar-refractivity contribution in [3.05, 3.63) is 0 Å². The van der Waals surface area contributed by atoms with Crippen molar-refractivity contribution < 1.29 is 0 Å². The third kappa shape index (κ3) is 3.01. The molecule has 0 N–H and O–H groups in total. The van der Waals surface area contributed by atoms with Gasteiger partial charge in [-0.05, 0) is 0 Å². The zero-order valence-electron chi connectivity index (χ0n) is 8.31. The molecule has 0 aromatic carbocycles. The molecule has 0 aliphatic carbocycles. The monoisotopic (exact) mass is 174 g/mol. The second kappa shape index (κ2) is 4.34. The van der Waals surface area contributed by atoms with Crippen LogP contribution in [0.3, 0.4) is 0 Å². The van der Waals surface area contributed by atoms with Crippen LogP contribution in [0.5, 0.6) is 0 Å². The Morgan fingerprint density at radius 3 is 1.10 bits per heavy atom. The first-order valence-electron chi connectivity index (χ1n) is 4.46. The predicted molar refractivity (Wildman–Crippen MR) is 56.2 cm³/mol. The molecular weight excluding hydrogens is 152 g/mol. The Labute approximate surface area is 69.0 Å². The smallest absolute Gasteiger partial charge is 0.0325 e. The van der Waals surface area contributed by atoms with E-state index in [0.29, 0.717) is 0 Å². The minimum Gasteiger partial charge on any atom is -0.0743 e. The summed E-state index contributed by atoms with van der Waals surface area (Å²) in [6.45, 7) is 14.7. The Morgan fingerprint density at radius 2 is 1.10 bits per heavy atom. The Hall–Kier alpha value is 0.434. The first-order valence-corrected chi connectivity index (χ1v) is 10.8. The maximum Gasteiger partial charge on any atom is 0.0325 e. The highest BCUT2D eigenvalue weighted by atomic mass is 29.2. The molecule has 0 amide bonds. The molecule has 0 atom stereocenters. The Balaban J connectivity index is 3.98. The van der Waals surface area contributed by atoms with Gasteiger partial charge in [0.25, 0.3) is 0 Å². The molecule has 0 rings (SSSR count). The molecule has 0 aliphatic heterocycles. The van der Waals surface area contributed by atoms with Crippen LogP contribution >= 0.6 is 0 Å². The molecule has 0 spiro atoms. The molecule has 62 valence electrons. The number of hydrogen-bond acceptors (Lipinski definition) is 0. The lowest BCUT2D eigenvalue weighted by atomic mass is 10.5. The van der Waals surface area contributed by atoms with Gasteiger partial charge in [-0.1, -0.05) is 51.9 Å². The average molecular weight is 174 g/mol. The van der Waals surface area contributed by atoms with Crippen LogP contribution < -0.4 is 0 Å². The lowest BCUT2D eigenvalue weighted by Gasteiger charge is -2.25. The maximum atomic E-state index is 2.52. The van der Waals surface area contributed by atoms with Gasteiger partial charge < -0.3 is 0 Å². The van der Waals surface area contributed by atoms with Gasteiger partial charge in [-0.2, -0.15) is 0 Å². The van der Waals surface area contributed by atoms with E-state index in [1.165, 1.54) is 0 Å². The molecule has 0 aromatic heterocycles. The predicted octanol–water partition coefficient (Wildman–Crippen LogP) is 2.60. The number of rotatable bonds is 3. The summed E-state index contributed by atoms with van der Waals surface area (Å²) in [4.78, 5) is 0. The fourth-order valence-electron chi connectivity index (χ4n) is 2.31. The minimum absolute atomic E-state index is 0.262. The molecule has 10 heavy (non-hydrogen) atoms. The molecule has 0 saturated carbocycles. The summed E-state index contributed by atoms with van der Waals surface area (Å²) in [7, 11) is -0.577.